The second-order valence-electron chi connectivity index (χ2n) is 8.41. The van der Waals surface area contributed by atoms with E-state index in [0.29, 0.717) is 40.7 Å². The predicted octanol–water partition coefficient (Wildman–Crippen LogP) is 2.83. The standard InChI is InChI=1S/C29H32N4O8/c1-6-13-40-22-11-9-19(14-24(22)38-7-2)16-30-33-25(34)17-41-21-12-10-20(15-23(21)37-5)27-26(28(35)39-8-3)18(4)31-29(36)32-27/h1,9-12,14-16,27H,7-8,13,17H2,2-5H3,(H,33,34)(H2,31,32,36)/b30-16-/t27-/m0/s1. The normalized spacial score (nSPS) is 14.4. The third-order valence-electron chi connectivity index (χ3n) is 5.63. The number of nitrogens with one attached hydrogen (secondary N) is 3. The molecule has 0 spiro atoms. The summed E-state index contributed by atoms with van der Waals surface area (Å²) in [5, 5.41) is 9.27. The fourth-order valence-electron chi connectivity index (χ4n) is 3.87. The topological polar surface area (TPSA) is 146 Å². The summed E-state index contributed by atoms with van der Waals surface area (Å²) in [7, 11) is 1.43. The molecule has 3 rings (SSSR count). The van der Waals surface area contributed by atoms with Crippen LogP contribution in [0.3, 0.4) is 0 Å². The Balaban J connectivity index is 1.65. The van der Waals surface area contributed by atoms with Crippen molar-refractivity contribution in [2.24, 2.45) is 5.10 Å². The molecule has 1 aliphatic rings. The molecule has 0 bridgehead atoms. The van der Waals surface area contributed by atoms with E-state index in [1.54, 1.807) is 50.2 Å². The molecule has 12 nitrogen and oxygen atoms in total. The molecule has 0 unspecified atom stereocenters. The molecule has 0 aliphatic carbocycles. The van der Waals surface area contributed by atoms with Crippen molar-refractivity contribution in [3.05, 3.63) is 58.8 Å². The molecule has 0 saturated heterocycles. The smallest absolute Gasteiger partial charge is 0.338 e. The summed E-state index contributed by atoms with van der Waals surface area (Å²) in [6, 6.07) is 8.77. The number of rotatable bonds is 13. The van der Waals surface area contributed by atoms with Crippen molar-refractivity contribution < 1.29 is 38.1 Å². The first kappa shape index (κ1) is 30.4. The van der Waals surface area contributed by atoms with Crippen molar-refractivity contribution in [1.82, 2.24) is 16.1 Å². The number of amides is 3. The fourth-order valence-corrected chi connectivity index (χ4v) is 3.87. The molecule has 1 atom stereocenters. The number of allylic oxidation sites excluding steroid dienone is 1. The van der Waals surface area contributed by atoms with E-state index < -0.39 is 23.9 Å². The van der Waals surface area contributed by atoms with Crippen molar-refractivity contribution >= 4 is 24.1 Å². The second kappa shape index (κ2) is 14.8. The summed E-state index contributed by atoms with van der Waals surface area (Å²) in [6.45, 7) is 5.53. The van der Waals surface area contributed by atoms with Crippen molar-refractivity contribution in [1.29, 1.82) is 0 Å². The van der Waals surface area contributed by atoms with Gasteiger partial charge in [-0.2, -0.15) is 5.10 Å². The Morgan fingerprint density at radius 3 is 2.51 bits per heavy atom. The Bertz CT molecular complexity index is 1380. The van der Waals surface area contributed by atoms with Crippen LogP contribution in [0.15, 0.2) is 52.8 Å². The van der Waals surface area contributed by atoms with Gasteiger partial charge in [-0.1, -0.05) is 12.0 Å². The number of benzene rings is 2. The van der Waals surface area contributed by atoms with Crippen LogP contribution in [0.1, 0.15) is 37.9 Å². The number of methoxy groups -OCH3 is 1. The minimum atomic E-state index is -0.774. The number of esters is 1. The van der Waals surface area contributed by atoms with Gasteiger partial charge in [0.05, 0.1) is 38.2 Å². The van der Waals surface area contributed by atoms with Crippen LogP contribution in [-0.2, 0) is 14.3 Å². The number of terminal acetylenes is 1. The highest BCUT2D eigenvalue weighted by atomic mass is 16.5. The number of hydrazone groups is 1. The van der Waals surface area contributed by atoms with Gasteiger partial charge in [0.25, 0.3) is 5.91 Å². The lowest BCUT2D eigenvalue weighted by molar-refractivity contribution is -0.139. The van der Waals surface area contributed by atoms with Crippen LogP contribution in [0, 0.1) is 12.3 Å². The molecule has 12 heteroatoms. The lowest BCUT2D eigenvalue weighted by Crippen LogP contribution is -2.45. The van der Waals surface area contributed by atoms with Crippen LogP contribution in [0.4, 0.5) is 4.79 Å². The van der Waals surface area contributed by atoms with Crippen molar-refractivity contribution in [2.45, 2.75) is 26.8 Å². The summed E-state index contributed by atoms with van der Waals surface area (Å²) in [5.74, 6) is 2.91. The van der Waals surface area contributed by atoms with Gasteiger partial charge in [0, 0.05) is 5.70 Å². The maximum atomic E-state index is 12.6. The summed E-state index contributed by atoms with van der Waals surface area (Å²) < 4.78 is 27.3. The molecule has 1 aliphatic heterocycles. The average Bonchev–Trinajstić information content (AvgIpc) is 2.95. The number of urea groups is 1. The minimum Gasteiger partial charge on any atom is -0.493 e. The number of carbonyl (C=O) groups is 3. The highest BCUT2D eigenvalue weighted by Gasteiger charge is 2.32. The highest BCUT2D eigenvalue weighted by molar-refractivity contribution is 5.95. The van der Waals surface area contributed by atoms with Crippen molar-refractivity contribution in [3.63, 3.8) is 0 Å². The summed E-state index contributed by atoms with van der Waals surface area (Å²) in [4.78, 5) is 37.0. The van der Waals surface area contributed by atoms with Crippen molar-refractivity contribution in [2.75, 3.05) is 33.5 Å². The van der Waals surface area contributed by atoms with E-state index in [1.807, 2.05) is 6.92 Å². The Labute approximate surface area is 238 Å². The first-order valence-corrected chi connectivity index (χ1v) is 12.7. The van der Waals surface area contributed by atoms with E-state index in [4.69, 9.17) is 30.1 Å². The third-order valence-corrected chi connectivity index (χ3v) is 5.63. The van der Waals surface area contributed by atoms with Gasteiger partial charge < -0.3 is 34.3 Å². The zero-order valence-corrected chi connectivity index (χ0v) is 23.2. The van der Waals surface area contributed by atoms with E-state index in [1.165, 1.54) is 13.3 Å². The third kappa shape index (κ3) is 8.15. The van der Waals surface area contributed by atoms with Crippen LogP contribution < -0.4 is 35.0 Å². The summed E-state index contributed by atoms with van der Waals surface area (Å²) in [5.41, 5.74) is 4.27. The lowest BCUT2D eigenvalue weighted by atomic mass is 9.95. The lowest BCUT2D eigenvalue weighted by Gasteiger charge is -2.28. The number of hydrogen-bond acceptors (Lipinski definition) is 9. The molecule has 41 heavy (non-hydrogen) atoms. The van der Waals surface area contributed by atoms with E-state index in [0.717, 1.165) is 0 Å². The minimum absolute atomic E-state index is 0.108. The molecule has 0 saturated carbocycles. The zero-order chi connectivity index (χ0) is 29.8. The Morgan fingerprint density at radius 1 is 1.05 bits per heavy atom. The molecule has 2 aromatic carbocycles. The van der Waals surface area contributed by atoms with E-state index >= 15 is 0 Å². The molecule has 2 aromatic rings. The van der Waals surface area contributed by atoms with E-state index in [2.05, 4.69) is 27.1 Å². The quantitative estimate of drug-likeness (QED) is 0.146. The van der Waals surface area contributed by atoms with Gasteiger partial charge in [0.1, 0.15) is 6.61 Å². The van der Waals surface area contributed by atoms with Gasteiger partial charge >= 0.3 is 12.0 Å². The van der Waals surface area contributed by atoms with Gasteiger partial charge in [-0.25, -0.2) is 15.0 Å². The number of carbonyl (C=O) groups excluding carboxylic acids is 3. The van der Waals surface area contributed by atoms with Crippen LogP contribution >= 0.6 is 0 Å². The van der Waals surface area contributed by atoms with Crippen LogP contribution in [0.25, 0.3) is 0 Å². The van der Waals surface area contributed by atoms with Crippen LogP contribution in [0.5, 0.6) is 23.0 Å². The second-order valence-corrected chi connectivity index (χ2v) is 8.41. The molecule has 0 fully saturated rings. The number of ether oxygens (including phenoxy) is 5. The molecular weight excluding hydrogens is 532 g/mol. The monoisotopic (exact) mass is 564 g/mol. The molecule has 216 valence electrons. The SMILES string of the molecule is C#CCOc1ccc(/C=N\NC(=O)COc2ccc([C@@H]3NC(=O)NC(C)=C3C(=O)OCC)cc2OC)cc1OCC. The van der Waals surface area contributed by atoms with Gasteiger partial charge in [-0.15, -0.1) is 6.42 Å². The Hall–Kier alpha value is -5.18. The first-order valence-electron chi connectivity index (χ1n) is 12.7. The summed E-state index contributed by atoms with van der Waals surface area (Å²) >= 11 is 0. The van der Waals surface area contributed by atoms with Gasteiger partial charge in [-0.3, -0.25) is 4.79 Å². The fraction of sp³-hybridized carbons (Fsp3) is 0.310. The molecule has 0 radical (unpaired) electrons. The average molecular weight is 565 g/mol. The summed E-state index contributed by atoms with van der Waals surface area (Å²) in [6.07, 6.45) is 6.69. The molecule has 3 amide bonds. The molecule has 3 N–H and O–H groups in total. The van der Waals surface area contributed by atoms with Crippen LogP contribution in [0.2, 0.25) is 0 Å². The first-order chi connectivity index (χ1) is 19.8. The zero-order valence-electron chi connectivity index (χ0n) is 23.2. The maximum absolute atomic E-state index is 12.6. The Morgan fingerprint density at radius 2 is 1.80 bits per heavy atom. The van der Waals surface area contributed by atoms with Gasteiger partial charge in [0.15, 0.2) is 29.6 Å². The molecule has 0 aromatic heterocycles. The Kier molecular flexibility index (Phi) is 11.0. The highest BCUT2D eigenvalue weighted by Crippen LogP contribution is 2.34. The van der Waals surface area contributed by atoms with Gasteiger partial charge in [-0.05, 0) is 62.2 Å². The number of nitrogens with zero attached hydrogens (tertiary/aromatic N) is 1. The molecular formula is C29H32N4O8. The van der Waals surface area contributed by atoms with Crippen LogP contribution in [-0.4, -0.2) is 57.7 Å². The van der Waals surface area contributed by atoms with Gasteiger partial charge in [0.2, 0.25) is 0 Å². The maximum Gasteiger partial charge on any atom is 0.338 e. The number of hydrogen-bond donors (Lipinski definition) is 3. The van der Waals surface area contributed by atoms with Crippen molar-refractivity contribution in [3.8, 4) is 35.3 Å². The molecule has 1 heterocycles. The largest absolute Gasteiger partial charge is 0.493 e. The predicted molar refractivity (Wildman–Crippen MR) is 150 cm³/mol. The van der Waals surface area contributed by atoms with E-state index in [9.17, 15) is 14.4 Å². The van der Waals surface area contributed by atoms with E-state index in [-0.39, 0.29) is 31.1 Å².